The number of rotatable bonds is 1. The molecule has 0 aromatic carbocycles. The van der Waals surface area contributed by atoms with E-state index in [1.165, 1.54) is 6.26 Å². The van der Waals surface area contributed by atoms with Crippen molar-refractivity contribution in [2.24, 2.45) is 0 Å². The third-order valence-electron chi connectivity index (χ3n) is 0.105. The van der Waals surface area contributed by atoms with Gasteiger partial charge in [0.2, 0.25) is 0 Å². The van der Waals surface area contributed by atoms with E-state index in [1.54, 1.807) is 0 Å². The van der Waals surface area contributed by atoms with Crippen molar-refractivity contribution in [1.29, 1.82) is 0 Å². The van der Waals surface area contributed by atoms with E-state index in [2.05, 4.69) is 4.33 Å². The molecule has 0 aliphatic rings. The summed E-state index contributed by atoms with van der Waals surface area (Å²) in [5.74, 6) is 0. The first-order valence-corrected chi connectivity index (χ1v) is 2.41. The fraction of sp³-hybridized carbons (Fsp3) is 1.00. The average Bonchev–Trinajstić information content (AvgIpc) is 1.38. The van der Waals surface area contributed by atoms with Gasteiger partial charge in [0.15, 0.2) is 11.1 Å². The molecule has 0 aromatic heterocycles. The first kappa shape index (κ1) is 10.1. The molecule has 0 bridgehead atoms. The molecule has 0 fully saturated rings. The van der Waals surface area contributed by atoms with Gasteiger partial charge in [-0.3, -0.25) is 0 Å². The first-order valence-electron chi connectivity index (χ1n) is 0.924. The van der Waals surface area contributed by atoms with E-state index in [0.29, 0.717) is 0 Å². The Morgan fingerprint density at radius 3 is 2.00 bits per heavy atom. The number of hydrogen-bond acceptors (Lipinski definition) is 3. The second-order valence-electron chi connectivity index (χ2n) is 0.476. The molecule has 3 nitrogen and oxygen atoms in total. The van der Waals surface area contributed by atoms with Crippen molar-refractivity contribution in [3.8, 4) is 0 Å². The van der Waals surface area contributed by atoms with Crippen LogP contribution in [0.5, 0.6) is 0 Å². The monoisotopic (exact) mass is 119 g/mol. The molecular formula is CH4NaO3S+. The molecule has 0 saturated heterocycles. The molecule has 0 heterocycles. The first-order chi connectivity index (χ1) is 2.27. The molecule has 5 heteroatoms. The Kier molecular flexibility index (Phi) is 10.3. The Morgan fingerprint density at radius 1 is 1.83 bits per heavy atom. The van der Waals surface area contributed by atoms with Crippen LogP contribution in [-0.4, -0.2) is 15.7 Å². The topological polar surface area (TPSA) is 46.5 Å². The molecule has 0 rings (SSSR count). The van der Waals surface area contributed by atoms with Gasteiger partial charge in [-0.1, -0.05) is 0 Å². The minimum Gasteiger partial charge on any atom is -0.237 e. The fourth-order valence-electron chi connectivity index (χ4n) is 0. The molecule has 0 aliphatic heterocycles. The summed E-state index contributed by atoms with van der Waals surface area (Å²) in [6, 6.07) is 0. The van der Waals surface area contributed by atoms with Crippen molar-refractivity contribution in [3.63, 3.8) is 0 Å². The maximum atomic E-state index is 9.45. The summed E-state index contributed by atoms with van der Waals surface area (Å²) in [6.07, 6.45) is 1.22. The van der Waals surface area contributed by atoms with Gasteiger partial charge in [0.1, 0.15) is 0 Å². The standard InChI is InChI=1S/CH4O3S.Na/c1-5(3)4-2;/h2H,1H3;/q;+1. The second kappa shape index (κ2) is 6.07. The molecule has 1 atom stereocenters. The summed E-state index contributed by atoms with van der Waals surface area (Å²) < 4.78 is 12.7. The van der Waals surface area contributed by atoms with Gasteiger partial charge in [0, 0.05) is 6.26 Å². The Bertz CT molecular complexity index is 46.1. The molecule has 0 aromatic rings. The van der Waals surface area contributed by atoms with Crippen molar-refractivity contribution >= 4 is 11.1 Å². The predicted octanol–water partition coefficient (Wildman–Crippen LogP) is -3.23. The summed E-state index contributed by atoms with van der Waals surface area (Å²) in [4.78, 5) is 0. The van der Waals surface area contributed by atoms with Gasteiger partial charge in [-0.2, -0.15) is 0 Å². The zero-order valence-electron chi connectivity index (χ0n) is 3.67. The van der Waals surface area contributed by atoms with E-state index in [9.17, 15) is 4.21 Å². The van der Waals surface area contributed by atoms with E-state index in [1.807, 2.05) is 0 Å². The Hall–Kier alpha value is 1.07. The minimum atomic E-state index is -1.52. The van der Waals surface area contributed by atoms with E-state index in [0.717, 1.165) is 0 Å². The smallest absolute Gasteiger partial charge is 0.237 e. The predicted molar refractivity (Wildman–Crippen MR) is 17.8 cm³/mol. The Morgan fingerprint density at radius 2 is 2.00 bits per heavy atom. The summed E-state index contributed by atoms with van der Waals surface area (Å²) in [7, 11) is 0. The Balaban J connectivity index is 0. The van der Waals surface area contributed by atoms with E-state index in [-0.39, 0.29) is 29.6 Å². The van der Waals surface area contributed by atoms with Crippen molar-refractivity contribution in [2.75, 3.05) is 6.26 Å². The van der Waals surface area contributed by atoms with Crippen LogP contribution >= 0.6 is 0 Å². The second-order valence-corrected chi connectivity index (χ2v) is 1.43. The van der Waals surface area contributed by atoms with Gasteiger partial charge in [0.25, 0.3) is 0 Å². The van der Waals surface area contributed by atoms with Crippen molar-refractivity contribution < 1.29 is 43.4 Å². The van der Waals surface area contributed by atoms with Crippen LogP contribution in [0, 0.1) is 0 Å². The van der Waals surface area contributed by atoms with Gasteiger partial charge in [-0.05, 0) is 0 Å². The van der Waals surface area contributed by atoms with Crippen LogP contribution in [0.25, 0.3) is 0 Å². The molecule has 0 aliphatic carbocycles. The maximum absolute atomic E-state index is 9.45. The zero-order chi connectivity index (χ0) is 4.28. The van der Waals surface area contributed by atoms with Gasteiger partial charge < -0.3 is 0 Å². The van der Waals surface area contributed by atoms with Gasteiger partial charge >= 0.3 is 29.6 Å². The summed E-state index contributed by atoms with van der Waals surface area (Å²) >= 11 is -1.52. The quantitative estimate of drug-likeness (QED) is 0.224. The average molecular weight is 119 g/mol. The SMILES string of the molecule is CS(=O)OO.[Na+]. The molecule has 0 spiro atoms. The molecule has 0 amide bonds. The van der Waals surface area contributed by atoms with Gasteiger partial charge in [-0.25, -0.2) is 9.47 Å². The molecule has 32 valence electrons. The van der Waals surface area contributed by atoms with Gasteiger partial charge in [0.05, 0.1) is 0 Å². The van der Waals surface area contributed by atoms with Crippen LogP contribution in [0.3, 0.4) is 0 Å². The normalized spacial score (nSPS) is 12.3. The van der Waals surface area contributed by atoms with E-state index >= 15 is 0 Å². The molecule has 1 N–H and O–H groups in total. The van der Waals surface area contributed by atoms with Crippen molar-refractivity contribution in [1.82, 2.24) is 0 Å². The summed E-state index contributed by atoms with van der Waals surface area (Å²) in [5, 5.41) is 7.34. The Labute approximate surface area is 60.6 Å². The third kappa shape index (κ3) is 8.91. The van der Waals surface area contributed by atoms with Crippen LogP contribution in [0.1, 0.15) is 0 Å². The largest absolute Gasteiger partial charge is 1.00 e. The van der Waals surface area contributed by atoms with E-state index < -0.39 is 11.1 Å². The molecule has 0 radical (unpaired) electrons. The van der Waals surface area contributed by atoms with Crippen molar-refractivity contribution in [3.05, 3.63) is 0 Å². The summed E-state index contributed by atoms with van der Waals surface area (Å²) in [5.41, 5.74) is 0. The maximum Gasteiger partial charge on any atom is 1.00 e. The van der Waals surface area contributed by atoms with Crippen LogP contribution in [-0.2, 0) is 15.4 Å². The fourth-order valence-corrected chi connectivity index (χ4v) is 0. The summed E-state index contributed by atoms with van der Waals surface area (Å²) in [6.45, 7) is 0. The molecule has 6 heavy (non-hydrogen) atoms. The third-order valence-corrected chi connectivity index (χ3v) is 0.315. The van der Waals surface area contributed by atoms with Crippen LogP contribution in [0.15, 0.2) is 0 Å². The zero-order valence-corrected chi connectivity index (χ0v) is 6.49. The van der Waals surface area contributed by atoms with E-state index in [4.69, 9.17) is 5.26 Å². The molecular weight excluding hydrogens is 115 g/mol. The van der Waals surface area contributed by atoms with Crippen LogP contribution < -0.4 is 29.6 Å². The minimum absolute atomic E-state index is 0. The van der Waals surface area contributed by atoms with Crippen LogP contribution in [0.4, 0.5) is 0 Å². The molecule has 1 unspecified atom stereocenters. The van der Waals surface area contributed by atoms with Crippen LogP contribution in [0.2, 0.25) is 0 Å². The molecule has 0 saturated carbocycles. The van der Waals surface area contributed by atoms with Gasteiger partial charge in [-0.15, -0.1) is 4.33 Å². The van der Waals surface area contributed by atoms with Crippen molar-refractivity contribution in [2.45, 2.75) is 0 Å². The number of hydrogen-bond donors (Lipinski definition) is 1.